The third-order valence-corrected chi connectivity index (χ3v) is 4.44. The molecule has 22 heavy (non-hydrogen) atoms. The molecule has 2 aliphatic heterocycles. The standard InChI is InChI=1S/C16H32N4O2/c1-15(2)22-14-13-19-11-9-18(10-12-19)6-3-16(21)20-7-4-17-5-8-20/h15,17H,3-14H2,1-2H3. The molecule has 0 atom stereocenters. The number of nitrogens with one attached hydrogen (secondary N) is 1. The lowest BCUT2D eigenvalue weighted by atomic mass is 10.2. The molecule has 0 bridgehead atoms. The molecule has 2 aliphatic rings. The second-order valence-electron chi connectivity index (χ2n) is 6.48. The molecule has 1 N–H and O–H groups in total. The van der Waals surface area contributed by atoms with Gasteiger partial charge in [-0.1, -0.05) is 0 Å². The lowest BCUT2D eigenvalue weighted by Gasteiger charge is -2.35. The van der Waals surface area contributed by atoms with Crippen LogP contribution in [0.2, 0.25) is 0 Å². The lowest BCUT2D eigenvalue weighted by molar-refractivity contribution is -0.132. The van der Waals surface area contributed by atoms with Crippen LogP contribution in [0.25, 0.3) is 0 Å². The van der Waals surface area contributed by atoms with Crippen LogP contribution >= 0.6 is 0 Å². The summed E-state index contributed by atoms with van der Waals surface area (Å²) in [6, 6.07) is 0. The maximum absolute atomic E-state index is 12.2. The highest BCUT2D eigenvalue weighted by Crippen LogP contribution is 2.05. The van der Waals surface area contributed by atoms with E-state index in [0.29, 0.717) is 18.4 Å². The zero-order chi connectivity index (χ0) is 15.8. The molecule has 6 heteroatoms. The molecule has 0 aromatic carbocycles. The number of rotatable bonds is 7. The van der Waals surface area contributed by atoms with Crippen LogP contribution in [0, 0.1) is 0 Å². The fourth-order valence-corrected chi connectivity index (χ4v) is 2.98. The number of nitrogens with zero attached hydrogens (tertiary/aromatic N) is 3. The average molecular weight is 312 g/mol. The summed E-state index contributed by atoms with van der Waals surface area (Å²) in [6.07, 6.45) is 0.980. The van der Waals surface area contributed by atoms with Gasteiger partial charge in [-0.15, -0.1) is 0 Å². The molecule has 0 spiro atoms. The van der Waals surface area contributed by atoms with Crippen molar-refractivity contribution in [1.82, 2.24) is 20.0 Å². The van der Waals surface area contributed by atoms with E-state index in [4.69, 9.17) is 4.74 Å². The Morgan fingerprint density at radius 3 is 2.18 bits per heavy atom. The number of amides is 1. The predicted molar refractivity (Wildman–Crippen MR) is 88.0 cm³/mol. The SMILES string of the molecule is CC(C)OCCN1CCN(CCC(=O)N2CCNCC2)CC1. The number of carbonyl (C=O) groups excluding carboxylic acids is 1. The monoisotopic (exact) mass is 312 g/mol. The van der Waals surface area contributed by atoms with Crippen molar-refractivity contribution in [3.05, 3.63) is 0 Å². The molecule has 6 nitrogen and oxygen atoms in total. The Labute approximate surface area is 134 Å². The Morgan fingerprint density at radius 2 is 1.59 bits per heavy atom. The largest absolute Gasteiger partial charge is 0.377 e. The van der Waals surface area contributed by atoms with Crippen LogP contribution in [0.4, 0.5) is 0 Å². The first kappa shape index (κ1) is 17.7. The highest BCUT2D eigenvalue weighted by molar-refractivity contribution is 5.76. The van der Waals surface area contributed by atoms with Crippen molar-refractivity contribution >= 4 is 5.91 Å². The minimum atomic E-state index is 0.314. The summed E-state index contributed by atoms with van der Waals surface area (Å²) in [5.41, 5.74) is 0. The fourth-order valence-electron chi connectivity index (χ4n) is 2.98. The van der Waals surface area contributed by atoms with E-state index in [9.17, 15) is 4.79 Å². The van der Waals surface area contributed by atoms with Gasteiger partial charge in [0.25, 0.3) is 0 Å². The summed E-state index contributed by atoms with van der Waals surface area (Å²) < 4.78 is 5.61. The quantitative estimate of drug-likeness (QED) is 0.708. The van der Waals surface area contributed by atoms with Gasteiger partial charge in [-0.25, -0.2) is 0 Å². The number of hydrogen-bond donors (Lipinski definition) is 1. The molecule has 2 rings (SSSR count). The van der Waals surface area contributed by atoms with E-state index in [1.165, 1.54) is 0 Å². The molecule has 0 aromatic rings. The Balaban J connectivity index is 1.56. The van der Waals surface area contributed by atoms with Crippen molar-refractivity contribution in [2.45, 2.75) is 26.4 Å². The molecular formula is C16H32N4O2. The van der Waals surface area contributed by atoms with Gasteiger partial charge in [-0.2, -0.15) is 0 Å². The van der Waals surface area contributed by atoms with Gasteiger partial charge < -0.3 is 19.9 Å². The Kier molecular flexibility index (Phi) is 7.59. The maximum Gasteiger partial charge on any atom is 0.223 e. The van der Waals surface area contributed by atoms with E-state index >= 15 is 0 Å². The molecule has 0 saturated carbocycles. The molecule has 0 unspecified atom stereocenters. The van der Waals surface area contributed by atoms with E-state index < -0.39 is 0 Å². The summed E-state index contributed by atoms with van der Waals surface area (Å²) in [6.45, 7) is 14.8. The number of ether oxygens (including phenoxy) is 1. The molecular weight excluding hydrogens is 280 g/mol. The van der Waals surface area contributed by atoms with Crippen LogP contribution < -0.4 is 5.32 Å². The van der Waals surface area contributed by atoms with Gasteiger partial charge in [-0.3, -0.25) is 9.69 Å². The van der Waals surface area contributed by atoms with Gasteiger partial charge in [-0.05, 0) is 13.8 Å². The summed E-state index contributed by atoms with van der Waals surface area (Å²) in [5.74, 6) is 0.314. The summed E-state index contributed by atoms with van der Waals surface area (Å²) >= 11 is 0. The molecule has 0 aliphatic carbocycles. The van der Waals surface area contributed by atoms with Gasteiger partial charge in [0.15, 0.2) is 0 Å². The lowest BCUT2D eigenvalue weighted by Crippen LogP contribution is -2.49. The summed E-state index contributed by atoms with van der Waals surface area (Å²) in [7, 11) is 0. The third kappa shape index (κ3) is 6.20. The highest BCUT2D eigenvalue weighted by Gasteiger charge is 2.20. The molecule has 128 valence electrons. The first-order chi connectivity index (χ1) is 10.6. The Morgan fingerprint density at radius 1 is 1.00 bits per heavy atom. The second-order valence-corrected chi connectivity index (χ2v) is 6.48. The second kappa shape index (κ2) is 9.45. The summed E-state index contributed by atoms with van der Waals surface area (Å²) in [5, 5.41) is 3.28. The van der Waals surface area contributed by atoms with Gasteiger partial charge in [0, 0.05) is 71.9 Å². The van der Waals surface area contributed by atoms with Crippen molar-refractivity contribution in [2.75, 3.05) is 72.1 Å². The molecule has 0 aromatic heterocycles. The minimum absolute atomic E-state index is 0.314. The zero-order valence-corrected chi connectivity index (χ0v) is 14.2. The van der Waals surface area contributed by atoms with Crippen molar-refractivity contribution in [2.24, 2.45) is 0 Å². The van der Waals surface area contributed by atoms with E-state index in [1.807, 2.05) is 4.90 Å². The number of hydrogen-bond acceptors (Lipinski definition) is 5. The van der Waals surface area contributed by atoms with Gasteiger partial charge >= 0.3 is 0 Å². The van der Waals surface area contributed by atoms with E-state index in [-0.39, 0.29) is 0 Å². The van der Waals surface area contributed by atoms with Crippen molar-refractivity contribution < 1.29 is 9.53 Å². The normalized spacial score (nSPS) is 21.5. The summed E-state index contributed by atoms with van der Waals surface area (Å²) in [4.78, 5) is 19.0. The van der Waals surface area contributed by atoms with Crippen LogP contribution in [-0.4, -0.2) is 98.8 Å². The first-order valence-corrected chi connectivity index (χ1v) is 8.70. The average Bonchev–Trinajstić information content (AvgIpc) is 2.54. The topological polar surface area (TPSA) is 48.1 Å². The van der Waals surface area contributed by atoms with Crippen LogP contribution in [0.5, 0.6) is 0 Å². The van der Waals surface area contributed by atoms with Crippen LogP contribution in [-0.2, 0) is 9.53 Å². The fraction of sp³-hybridized carbons (Fsp3) is 0.938. The zero-order valence-electron chi connectivity index (χ0n) is 14.2. The number of carbonyl (C=O) groups is 1. The third-order valence-electron chi connectivity index (χ3n) is 4.44. The first-order valence-electron chi connectivity index (χ1n) is 8.70. The van der Waals surface area contributed by atoms with E-state index in [2.05, 4.69) is 29.0 Å². The van der Waals surface area contributed by atoms with Crippen molar-refractivity contribution in [1.29, 1.82) is 0 Å². The smallest absolute Gasteiger partial charge is 0.223 e. The number of piperazine rings is 2. The van der Waals surface area contributed by atoms with Gasteiger partial charge in [0.05, 0.1) is 12.7 Å². The van der Waals surface area contributed by atoms with Crippen molar-refractivity contribution in [3.63, 3.8) is 0 Å². The van der Waals surface area contributed by atoms with Crippen LogP contribution in [0.1, 0.15) is 20.3 Å². The molecule has 0 radical (unpaired) electrons. The van der Waals surface area contributed by atoms with Gasteiger partial charge in [0.2, 0.25) is 5.91 Å². The van der Waals surface area contributed by atoms with Crippen LogP contribution in [0.15, 0.2) is 0 Å². The van der Waals surface area contributed by atoms with Crippen molar-refractivity contribution in [3.8, 4) is 0 Å². The predicted octanol–water partition coefficient (Wildman–Crippen LogP) is -0.149. The Bertz CT molecular complexity index is 324. The van der Waals surface area contributed by atoms with E-state index in [1.54, 1.807) is 0 Å². The molecule has 2 heterocycles. The van der Waals surface area contributed by atoms with Gasteiger partial charge in [0.1, 0.15) is 0 Å². The maximum atomic E-state index is 12.2. The van der Waals surface area contributed by atoms with E-state index in [0.717, 1.165) is 72.1 Å². The molecule has 2 saturated heterocycles. The molecule has 2 fully saturated rings. The minimum Gasteiger partial charge on any atom is -0.377 e. The highest BCUT2D eigenvalue weighted by atomic mass is 16.5. The molecule has 1 amide bonds. The Hall–Kier alpha value is -0.690. The van der Waals surface area contributed by atoms with Crippen LogP contribution in [0.3, 0.4) is 0 Å².